The molecule has 1 aromatic rings. The fraction of sp³-hybridized carbons (Fsp3) is 0.692. The maximum Gasteiger partial charge on any atom is 0.273 e. The van der Waals surface area contributed by atoms with Crippen LogP contribution in [0.25, 0.3) is 0 Å². The highest BCUT2D eigenvalue weighted by molar-refractivity contribution is 7.07. The van der Waals surface area contributed by atoms with Crippen LogP contribution in [0.1, 0.15) is 23.3 Å². The summed E-state index contributed by atoms with van der Waals surface area (Å²) in [4.78, 5) is 21.0. The van der Waals surface area contributed by atoms with Gasteiger partial charge in [0.2, 0.25) is 0 Å². The van der Waals surface area contributed by atoms with E-state index in [0.717, 1.165) is 39.1 Å². The second kappa shape index (κ2) is 5.56. The predicted octanol–water partition coefficient (Wildman–Crippen LogP) is 1.08. The van der Waals surface area contributed by atoms with Crippen molar-refractivity contribution in [2.75, 3.05) is 33.4 Å². The molecule has 0 unspecified atom stereocenters. The lowest BCUT2D eigenvalue weighted by atomic mass is 10.1. The fourth-order valence-electron chi connectivity index (χ4n) is 3.28. The first-order chi connectivity index (χ1) is 9.31. The molecule has 0 radical (unpaired) electrons. The van der Waals surface area contributed by atoms with E-state index < -0.39 is 0 Å². The quantitative estimate of drug-likeness (QED) is 0.828. The van der Waals surface area contributed by atoms with E-state index in [2.05, 4.69) is 9.88 Å². The number of likely N-dealkylation sites (tertiary alicyclic amines) is 2. The molecule has 0 N–H and O–H groups in total. The number of ether oxygens (including phenoxy) is 1. The van der Waals surface area contributed by atoms with Crippen molar-refractivity contribution in [2.45, 2.75) is 24.9 Å². The van der Waals surface area contributed by atoms with Gasteiger partial charge in [0.05, 0.1) is 12.1 Å². The van der Waals surface area contributed by atoms with Gasteiger partial charge in [-0.25, -0.2) is 4.98 Å². The van der Waals surface area contributed by atoms with E-state index in [4.69, 9.17) is 4.74 Å². The fourth-order valence-corrected chi connectivity index (χ4v) is 3.80. The maximum absolute atomic E-state index is 12.4. The van der Waals surface area contributed by atoms with Crippen molar-refractivity contribution >= 4 is 17.2 Å². The summed E-state index contributed by atoms with van der Waals surface area (Å²) in [5, 5.41) is 1.84. The van der Waals surface area contributed by atoms with Crippen LogP contribution in [-0.4, -0.2) is 66.1 Å². The van der Waals surface area contributed by atoms with E-state index in [9.17, 15) is 4.79 Å². The molecule has 6 heteroatoms. The Kier molecular flexibility index (Phi) is 3.81. The second-order valence-electron chi connectivity index (χ2n) is 5.11. The van der Waals surface area contributed by atoms with Crippen LogP contribution < -0.4 is 0 Å². The standard InChI is InChI=1S/C13H19N3O2S/c1-18-7-6-15-4-2-12-11(15)3-5-16(12)13(17)10-8-19-9-14-10/h8-9,11-12H,2-7H2,1H3/t11-,12-/m1/s1. The van der Waals surface area contributed by atoms with Gasteiger partial charge in [-0.05, 0) is 12.8 Å². The summed E-state index contributed by atoms with van der Waals surface area (Å²) in [6, 6.07) is 0.879. The number of carbonyl (C=O) groups excluding carboxylic acids is 1. The van der Waals surface area contributed by atoms with E-state index in [1.165, 1.54) is 11.3 Å². The molecule has 0 saturated carbocycles. The Hall–Kier alpha value is -0.980. The van der Waals surface area contributed by atoms with Crippen molar-refractivity contribution in [1.29, 1.82) is 0 Å². The van der Waals surface area contributed by atoms with Crippen molar-refractivity contribution in [3.05, 3.63) is 16.6 Å². The molecule has 2 saturated heterocycles. The Morgan fingerprint density at radius 2 is 2.32 bits per heavy atom. The van der Waals surface area contributed by atoms with Crippen LogP contribution in [0.15, 0.2) is 10.9 Å². The first kappa shape index (κ1) is 13.0. The largest absolute Gasteiger partial charge is 0.383 e. The topological polar surface area (TPSA) is 45.7 Å². The second-order valence-corrected chi connectivity index (χ2v) is 5.83. The molecule has 19 heavy (non-hydrogen) atoms. The Morgan fingerprint density at radius 1 is 1.47 bits per heavy atom. The summed E-state index contributed by atoms with van der Waals surface area (Å²) in [7, 11) is 1.74. The summed E-state index contributed by atoms with van der Waals surface area (Å²) in [5.41, 5.74) is 2.32. The highest BCUT2D eigenvalue weighted by atomic mass is 32.1. The molecule has 2 atom stereocenters. The highest BCUT2D eigenvalue weighted by Crippen LogP contribution is 2.32. The van der Waals surface area contributed by atoms with Gasteiger partial charge >= 0.3 is 0 Å². The van der Waals surface area contributed by atoms with Gasteiger partial charge in [0.25, 0.3) is 5.91 Å². The van der Waals surface area contributed by atoms with Gasteiger partial charge in [0.1, 0.15) is 5.69 Å². The summed E-state index contributed by atoms with van der Waals surface area (Å²) in [6.45, 7) is 3.66. The lowest BCUT2D eigenvalue weighted by Crippen LogP contribution is -2.40. The number of thiazole rings is 1. The zero-order valence-corrected chi connectivity index (χ0v) is 11.9. The molecule has 0 bridgehead atoms. The maximum atomic E-state index is 12.4. The molecule has 2 fully saturated rings. The van der Waals surface area contributed by atoms with Crippen molar-refractivity contribution in [3.8, 4) is 0 Å². The molecule has 3 heterocycles. The highest BCUT2D eigenvalue weighted by Gasteiger charge is 2.44. The van der Waals surface area contributed by atoms with Gasteiger partial charge in [0, 0.05) is 44.2 Å². The number of aromatic nitrogens is 1. The number of fused-ring (bicyclic) bond motifs is 1. The Labute approximate surface area is 117 Å². The number of hydrogen-bond donors (Lipinski definition) is 0. The predicted molar refractivity (Wildman–Crippen MR) is 73.4 cm³/mol. The molecule has 0 spiro atoms. The number of carbonyl (C=O) groups is 1. The van der Waals surface area contributed by atoms with Gasteiger partial charge in [-0.3, -0.25) is 9.69 Å². The third kappa shape index (κ3) is 2.40. The van der Waals surface area contributed by atoms with Gasteiger partial charge in [-0.1, -0.05) is 0 Å². The molecule has 2 aliphatic rings. The van der Waals surface area contributed by atoms with Gasteiger partial charge < -0.3 is 9.64 Å². The average molecular weight is 281 g/mol. The molecule has 0 aromatic carbocycles. The van der Waals surface area contributed by atoms with Crippen LogP contribution in [0.5, 0.6) is 0 Å². The molecule has 2 aliphatic heterocycles. The van der Waals surface area contributed by atoms with Crippen LogP contribution in [0.2, 0.25) is 0 Å². The van der Waals surface area contributed by atoms with Crippen molar-refractivity contribution < 1.29 is 9.53 Å². The van der Waals surface area contributed by atoms with Crippen molar-refractivity contribution in [1.82, 2.24) is 14.8 Å². The van der Waals surface area contributed by atoms with E-state index in [0.29, 0.717) is 17.8 Å². The number of hydrogen-bond acceptors (Lipinski definition) is 5. The van der Waals surface area contributed by atoms with Crippen LogP contribution in [-0.2, 0) is 4.74 Å². The summed E-state index contributed by atoms with van der Waals surface area (Å²) in [5.74, 6) is 0.0994. The van der Waals surface area contributed by atoms with Gasteiger partial charge in [-0.2, -0.15) is 0 Å². The Morgan fingerprint density at radius 3 is 3.05 bits per heavy atom. The van der Waals surface area contributed by atoms with Gasteiger partial charge in [-0.15, -0.1) is 11.3 Å². The van der Waals surface area contributed by atoms with Crippen LogP contribution >= 0.6 is 11.3 Å². The van der Waals surface area contributed by atoms with Crippen molar-refractivity contribution in [2.24, 2.45) is 0 Å². The van der Waals surface area contributed by atoms with E-state index in [1.807, 2.05) is 10.3 Å². The van der Waals surface area contributed by atoms with E-state index in [-0.39, 0.29) is 5.91 Å². The number of amides is 1. The summed E-state index contributed by atoms with van der Waals surface area (Å²) < 4.78 is 5.15. The average Bonchev–Trinajstić information content (AvgIpc) is 3.13. The monoisotopic (exact) mass is 281 g/mol. The SMILES string of the molecule is COCCN1CC[C@@H]2[C@H]1CCN2C(=O)c1cscn1. The lowest BCUT2D eigenvalue weighted by molar-refractivity contribution is 0.0724. The minimum absolute atomic E-state index is 0.0994. The molecule has 0 aliphatic carbocycles. The van der Waals surface area contributed by atoms with Crippen LogP contribution in [0.3, 0.4) is 0 Å². The molecular formula is C13H19N3O2S. The minimum Gasteiger partial charge on any atom is -0.383 e. The van der Waals surface area contributed by atoms with Gasteiger partial charge in [0.15, 0.2) is 0 Å². The third-order valence-electron chi connectivity index (χ3n) is 4.19. The first-order valence-corrected chi connectivity index (χ1v) is 7.67. The molecule has 104 valence electrons. The Balaban J connectivity index is 1.66. The van der Waals surface area contributed by atoms with E-state index in [1.54, 1.807) is 12.6 Å². The zero-order chi connectivity index (χ0) is 13.2. The first-order valence-electron chi connectivity index (χ1n) is 6.73. The smallest absolute Gasteiger partial charge is 0.273 e. The molecule has 3 rings (SSSR count). The molecule has 1 aromatic heterocycles. The van der Waals surface area contributed by atoms with Crippen LogP contribution in [0, 0.1) is 0 Å². The number of methoxy groups -OCH3 is 1. The molecule has 1 amide bonds. The Bertz CT molecular complexity index is 437. The summed E-state index contributed by atoms with van der Waals surface area (Å²) >= 11 is 1.48. The van der Waals surface area contributed by atoms with E-state index >= 15 is 0 Å². The van der Waals surface area contributed by atoms with Crippen molar-refractivity contribution in [3.63, 3.8) is 0 Å². The molecular weight excluding hydrogens is 262 g/mol. The molecule has 5 nitrogen and oxygen atoms in total. The third-order valence-corrected chi connectivity index (χ3v) is 4.77. The summed E-state index contributed by atoms with van der Waals surface area (Å²) in [6.07, 6.45) is 2.15. The van der Waals surface area contributed by atoms with Crippen LogP contribution in [0.4, 0.5) is 0 Å². The minimum atomic E-state index is 0.0994. The lowest BCUT2D eigenvalue weighted by Gasteiger charge is -2.25. The normalized spacial score (nSPS) is 26.9. The zero-order valence-electron chi connectivity index (χ0n) is 11.1. The number of nitrogens with zero attached hydrogens (tertiary/aromatic N) is 3. The number of rotatable bonds is 4.